The second-order valence-corrected chi connectivity index (χ2v) is 6.74. The highest BCUT2D eigenvalue weighted by atomic mass is 16.6. The molecule has 2 saturated heterocycles. The molecule has 2 aliphatic heterocycles. The van der Waals surface area contributed by atoms with E-state index in [-0.39, 0.29) is 29.7 Å². The second-order valence-electron chi connectivity index (χ2n) is 6.74. The first-order chi connectivity index (χ1) is 10.3. The smallest absolute Gasteiger partial charge is 0.334 e. The predicted molar refractivity (Wildman–Crippen MR) is 79.0 cm³/mol. The summed E-state index contributed by atoms with van der Waals surface area (Å²) in [5.74, 6) is -1.12. The average molecular weight is 306 g/mol. The second kappa shape index (κ2) is 5.23. The van der Waals surface area contributed by atoms with Crippen molar-refractivity contribution in [3.05, 3.63) is 23.8 Å². The van der Waals surface area contributed by atoms with Crippen LogP contribution in [0.15, 0.2) is 23.8 Å². The first-order valence-electron chi connectivity index (χ1n) is 7.72. The highest BCUT2D eigenvalue weighted by molar-refractivity contribution is 5.91. The number of fused-ring (bicyclic) bond motifs is 2. The number of esters is 2. The average Bonchev–Trinajstić information content (AvgIpc) is 2.96. The first-order valence-corrected chi connectivity index (χ1v) is 7.72. The fraction of sp³-hybridized carbons (Fsp3) is 0.647. The van der Waals surface area contributed by atoms with E-state index in [0.717, 1.165) is 18.4 Å². The maximum absolute atomic E-state index is 12.0. The lowest BCUT2D eigenvalue weighted by Gasteiger charge is -2.27. The van der Waals surface area contributed by atoms with Crippen molar-refractivity contribution >= 4 is 11.9 Å². The van der Waals surface area contributed by atoms with Crippen molar-refractivity contribution in [1.82, 2.24) is 0 Å². The summed E-state index contributed by atoms with van der Waals surface area (Å²) < 4.78 is 16.8. The van der Waals surface area contributed by atoms with E-state index < -0.39 is 12.1 Å². The summed E-state index contributed by atoms with van der Waals surface area (Å²) in [6, 6.07) is 0. The van der Waals surface area contributed by atoms with Gasteiger partial charge >= 0.3 is 11.9 Å². The summed E-state index contributed by atoms with van der Waals surface area (Å²) in [7, 11) is 0. The molecule has 2 heterocycles. The Morgan fingerprint density at radius 2 is 2.23 bits per heavy atom. The number of carbonyl (C=O) groups excluding carboxylic acids is 2. The van der Waals surface area contributed by atoms with Gasteiger partial charge in [0.1, 0.15) is 12.2 Å². The molecule has 5 heteroatoms. The quantitative estimate of drug-likeness (QED) is 0.322. The predicted octanol–water partition coefficient (Wildman–Crippen LogP) is 2.30. The lowest BCUT2D eigenvalue weighted by molar-refractivity contribution is -0.147. The summed E-state index contributed by atoms with van der Waals surface area (Å²) in [5.41, 5.74) is 1.24. The Hall–Kier alpha value is -1.62. The zero-order chi connectivity index (χ0) is 16.1. The number of epoxide rings is 1. The van der Waals surface area contributed by atoms with Crippen LogP contribution in [0.2, 0.25) is 0 Å². The van der Waals surface area contributed by atoms with Gasteiger partial charge in [0.15, 0.2) is 0 Å². The maximum Gasteiger partial charge on any atom is 0.334 e. The molecule has 0 aromatic carbocycles. The molecule has 0 amide bonds. The number of hydrogen-bond donors (Lipinski definition) is 0. The number of allylic oxidation sites excluding steroid dienone is 1. The van der Waals surface area contributed by atoms with Gasteiger partial charge in [-0.2, -0.15) is 0 Å². The van der Waals surface area contributed by atoms with Gasteiger partial charge in [-0.3, -0.25) is 4.79 Å². The summed E-state index contributed by atoms with van der Waals surface area (Å²) in [6.07, 6.45) is 3.68. The normalized spacial score (nSPS) is 43.3. The van der Waals surface area contributed by atoms with Crippen molar-refractivity contribution in [3.63, 3.8) is 0 Å². The van der Waals surface area contributed by atoms with E-state index >= 15 is 0 Å². The number of ether oxygens (including phenoxy) is 3. The van der Waals surface area contributed by atoms with E-state index in [0.29, 0.717) is 12.0 Å². The van der Waals surface area contributed by atoms with Crippen molar-refractivity contribution in [1.29, 1.82) is 0 Å². The molecule has 0 bridgehead atoms. The van der Waals surface area contributed by atoms with E-state index in [2.05, 4.69) is 6.58 Å². The molecule has 5 atom stereocenters. The number of hydrogen-bond acceptors (Lipinski definition) is 5. The van der Waals surface area contributed by atoms with Crippen LogP contribution in [0.1, 0.15) is 40.0 Å². The van der Waals surface area contributed by atoms with E-state index in [1.165, 1.54) is 6.92 Å². The molecule has 5 nitrogen and oxygen atoms in total. The molecule has 0 spiro atoms. The minimum atomic E-state index is -0.514. The van der Waals surface area contributed by atoms with Crippen LogP contribution in [0.25, 0.3) is 0 Å². The van der Waals surface area contributed by atoms with Crippen molar-refractivity contribution in [2.45, 2.75) is 63.9 Å². The summed E-state index contributed by atoms with van der Waals surface area (Å²) >= 11 is 0. The van der Waals surface area contributed by atoms with Crippen LogP contribution in [-0.2, 0) is 23.8 Å². The van der Waals surface area contributed by atoms with Crippen molar-refractivity contribution in [2.75, 3.05) is 0 Å². The minimum Gasteiger partial charge on any atom is -0.458 e. The topological polar surface area (TPSA) is 65.1 Å². The van der Waals surface area contributed by atoms with E-state index in [4.69, 9.17) is 14.2 Å². The Kier molecular flexibility index (Phi) is 3.63. The summed E-state index contributed by atoms with van der Waals surface area (Å²) in [5, 5.41) is 0. The molecular formula is C17H22O5. The van der Waals surface area contributed by atoms with Gasteiger partial charge in [-0.25, -0.2) is 4.79 Å². The molecule has 120 valence electrons. The SMILES string of the molecule is C=C1C(=O)O[C@H]2C[C@@]3(C)O[C@@H]3CC/C(C)=C/[C@H](OC(C)=O)[C@H]12. The van der Waals surface area contributed by atoms with Gasteiger partial charge in [0.2, 0.25) is 0 Å². The van der Waals surface area contributed by atoms with Gasteiger partial charge < -0.3 is 14.2 Å². The Bertz CT molecular complexity index is 563. The Morgan fingerprint density at radius 1 is 1.50 bits per heavy atom. The molecule has 3 rings (SSSR count). The molecule has 0 saturated carbocycles. The maximum atomic E-state index is 12.0. The minimum absolute atomic E-state index is 0.203. The van der Waals surface area contributed by atoms with Crippen molar-refractivity contribution in [2.24, 2.45) is 5.92 Å². The molecule has 2 fully saturated rings. The van der Waals surface area contributed by atoms with Gasteiger partial charge in [-0.15, -0.1) is 0 Å². The van der Waals surface area contributed by atoms with Crippen LogP contribution < -0.4 is 0 Å². The van der Waals surface area contributed by atoms with Crippen molar-refractivity contribution < 1.29 is 23.8 Å². The van der Waals surface area contributed by atoms with Crippen LogP contribution in [0, 0.1) is 5.92 Å². The number of carbonyl (C=O) groups is 2. The lowest BCUT2D eigenvalue weighted by atomic mass is 9.83. The standard InChI is InChI=1S/C17H22O5/c1-9-5-6-14-17(4,22-14)8-13-15(10(2)16(19)21-13)12(7-9)20-11(3)18/h7,12-15H,2,5-6,8H2,1,3-4H3/b9-7+/t12-,13-,14+,15-,17+/m0/s1. The molecular weight excluding hydrogens is 284 g/mol. The molecule has 0 radical (unpaired) electrons. The Labute approximate surface area is 130 Å². The molecule has 1 aliphatic carbocycles. The van der Waals surface area contributed by atoms with Gasteiger partial charge in [-0.1, -0.05) is 12.2 Å². The Morgan fingerprint density at radius 3 is 2.91 bits per heavy atom. The zero-order valence-electron chi connectivity index (χ0n) is 13.3. The van der Waals surface area contributed by atoms with Gasteiger partial charge in [0.25, 0.3) is 0 Å². The molecule has 0 aromatic heterocycles. The first kappa shape index (κ1) is 15.3. The van der Waals surface area contributed by atoms with Gasteiger partial charge in [0, 0.05) is 18.9 Å². The third kappa shape index (κ3) is 2.70. The van der Waals surface area contributed by atoms with Gasteiger partial charge in [0.05, 0.1) is 17.6 Å². The monoisotopic (exact) mass is 306 g/mol. The number of rotatable bonds is 1. The van der Waals surface area contributed by atoms with E-state index in [1.54, 1.807) is 0 Å². The van der Waals surface area contributed by atoms with E-state index in [1.807, 2.05) is 19.9 Å². The van der Waals surface area contributed by atoms with Crippen LogP contribution in [0.4, 0.5) is 0 Å². The van der Waals surface area contributed by atoms with Gasteiger partial charge in [-0.05, 0) is 32.8 Å². The van der Waals surface area contributed by atoms with Crippen LogP contribution in [0.3, 0.4) is 0 Å². The summed E-state index contributed by atoms with van der Waals surface area (Å²) in [4.78, 5) is 23.4. The van der Waals surface area contributed by atoms with E-state index in [9.17, 15) is 9.59 Å². The highest BCUT2D eigenvalue weighted by Crippen LogP contribution is 2.48. The summed E-state index contributed by atoms with van der Waals surface area (Å²) in [6.45, 7) is 9.28. The molecule has 3 aliphatic rings. The molecule has 22 heavy (non-hydrogen) atoms. The molecule has 0 N–H and O–H groups in total. The van der Waals surface area contributed by atoms with Crippen LogP contribution >= 0.6 is 0 Å². The third-order valence-electron chi connectivity index (χ3n) is 4.87. The lowest BCUT2D eigenvalue weighted by Crippen LogP contribution is -2.35. The highest BCUT2D eigenvalue weighted by Gasteiger charge is 2.57. The fourth-order valence-corrected chi connectivity index (χ4v) is 3.58. The van der Waals surface area contributed by atoms with Crippen LogP contribution in [-0.4, -0.2) is 35.9 Å². The molecule has 0 unspecified atom stereocenters. The van der Waals surface area contributed by atoms with Crippen LogP contribution in [0.5, 0.6) is 0 Å². The van der Waals surface area contributed by atoms with Crippen molar-refractivity contribution in [3.8, 4) is 0 Å². The molecule has 0 aromatic rings. The Balaban J connectivity index is 1.95. The fourth-order valence-electron chi connectivity index (χ4n) is 3.58. The largest absolute Gasteiger partial charge is 0.458 e. The zero-order valence-corrected chi connectivity index (χ0v) is 13.3. The third-order valence-corrected chi connectivity index (χ3v) is 4.87.